The van der Waals surface area contributed by atoms with E-state index in [0.29, 0.717) is 23.8 Å². The summed E-state index contributed by atoms with van der Waals surface area (Å²) < 4.78 is 17.9. The number of rotatable bonds is 9. The maximum atomic E-state index is 13.5. The van der Waals surface area contributed by atoms with Crippen molar-refractivity contribution in [2.45, 2.75) is 38.7 Å². The molecular weight excluding hydrogens is 412 g/mol. The van der Waals surface area contributed by atoms with Crippen LogP contribution in [0.4, 0.5) is 5.13 Å². The first-order chi connectivity index (χ1) is 15.2. The van der Waals surface area contributed by atoms with E-state index >= 15 is 0 Å². The van der Waals surface area contributed by atoms with E-state index in [4.69, 9.17) is 19.2 Å². The first-order valence-corrected chi connectivity index (χ1v) is 11.6. The summed E-state index contributed by atoms with van der Waals surface area (Å²) in [5, 5.41) is 0.673. The summed E-state index contributed by atoms with van der Waals surface area (Å²) >= 11 is 1.49. The van der Waals surface area contributed by atoms with Crippen molar-refractivity contribution in [3.8, 4) is 11.5 Å². The van der Waals surface area contributed by atoms with E-state index < -0.39 is 0 Å². The molecule has 1 unspecified atom stereocenters. The number of aromatic nitrogens is 1. The molecule has 0 radical (unpaired) electrons. The Balaban J connectivity index is 1.59. The second-order valence-corrected chi connectivity index (χ2v) is 8.62. The van der Waals surface area contributed by atoms with Crippen LogP contribution >= 0.6 is 11.3 Å². The number of carbonyl (C=O) groups excluding carboxylic acids is 1. The molecule has 1 fully saturated rings. The lowest BCUT2D eigenvalue weighted by Gasteiger charge is -2.23. The van der Waals surface area contributed by atoms with E-state index in [-0.39, 0.29) is 12.0 Å². The normalized spacial score (nSPS) is 15.9. The fourth-order valence-electron chi connectivity index (χ4n) is 3.56. The minimum absolute atomic E-state index is 0.0298. The van der Waals surface area contributed by atoms with Crippen molar-refractivity contribution < 1.29 is 19.0 Å². The van der Waals surface area contributed by atoms with Gasteiger partial charge < -0.3 is 14.2 Å². The topological polar surface area (TPSA) is 60.9 Å². The van der Waals surface area contributed by atoms with Crippen LogP contribution in [0.5, 0.6) is 11.5 Å². The Labute approximate surface area is 186 Å². The summed E-state index contributed by atoms with van der Waals surface area (Å²) in [4.78, 5) is 20.0. The van der Waals surface area contributed by atoms with Gasteiger partial charge in [0.25, 0.3) is 5.91 Å². The lowest BCUT2D eigenvalue weighted by Crippen LogP contribution is -2.37. The number of benzene rings is 2. The smallest absolute Gasteiger partial charge is 0.260 e. The number of hydrogen-bond acceptors (Lipinski definition) is 6. The highest BCUT2D eigenvalue weighted by Crippen LogP contribution is 2.33. The number of nitrogens with zero attached hydrogens (tertiary/aromatic N) is 2. The van der Waals surface area contributed by atoms with Crippen LogP contribution in [0, 0.1) is 0 Å². The molecule has 1 aliphatic rings. The number of fused-ring (bicyclic) bond motifs is 1. The van der Waals surface area contributed by atoms with Gasteiger partial charge in [0.2, 0.25) is 0 Å². The predicted octanol–water partition coefficient (Wildman–Crippen LogP) is 5.31. The Hall–Kier alpha value is -2.64. The molecule has 1 aliphatic heterocycles. The van der Waals surface area contributed by atoms with Gasteiger partial charge in [-0.2, -0.15) is 0 Å². The molecular formula is C24H28N2O4S. The van der Waals surface area contributed by atoms with Crippen LogP contribution in [-0.2, 0) is 4.74 Å². The van der Waals surface area contributed by atoms with Gasteiger partial charge in [-0.25, -0.2) is 4.98 Å². The third-order valence-corrected chi connectivity index (χ3v) is 6.38. The van der Waals surface area contributed by atoms with Crippen molar-refractivity contribution >= 4 is 32.6 Å². The van der Waals surface area contributed by atoms with Crippen molar-refractivity contribution in [2.75, 3.05) is 31.8 Å². The highest BCUT2D eigenvalue weighted by atomic mass is 32.1. The molecule has 1 amide bonds. The van der Waals surface area contributed by atoms with Crippen molar-refractivity contribution in [3.05, 3.63) is 48.0 Å². The molecule has 0 bridgehead atoms. The van der Waals surface area contributed by atoms with Gasteiger partial charge >= 0.3 is 0 Å². The van der Waals surface area contributed by atoms with Gasteiger partial charge in [0, 0.05) is 12.2 Å². The monoisotopic (exact) mass is 440 g/mol. The quantitative estimate of drug-likeness (QED) is 0.422. The van der Waals surface area contributed by atoms with Gasteiger partial charge in [-0.05, 0) is 61.7 Å². The minimum atomic E-state index is -0.0818. The Morgan fingerprint density at radius 1 is 1.23 bits per heavy atom. The molecule has 1 aromatic heterocycles. The molecule has 7 heteroatoms. The average Bonchev–Trinajstić information content (AvgIpc) is 3.46. The lowest BCUT2D eigenvalue weighted by molar-refractivity contribution is 0.0917. The van der Waals surface area contributed by atoms with Gasteiger partial charge in [-0.15, -0.1) is 0 Å². The van der Waals surface area contributed by atoms with Crippen LogP contribution in [0.1, 0.15) is 43.0 Å². The molecule has 3 aromatic rings. The van der Waals surface area contributed by atoms with Gasteiger partial charge in [0.1, 0.15) is 11.5 Å². The number of ether oxygens (including phenoxy) is 3. The standard InChI is InChI=1S/C24H28N2O4S/c1-3-4-13-29-18-9-7-17(8-10-18)23(27)26(16-20-6-5-14-30-20)24-25-21-12-11-19(28-2)15-22(21)31-24/h7-12,15,20H,3-6,13-14,16H2,1-2H3. The molecule has 1 saturated heterocycles. The molecule has 0 N–H and O–H groups in total. The fourth-order valence-corrected chi connectivity index (χ4v) is 4.56. The van der Waals surface area contributed by atoms with E-state index in [0.717, 1.165) is 54.0 Å². The van der Waals surface area contributed by atoms with Crippen LogP contribution in [0.25, 0.3) is 10.2 Å². The highest BCUT2D eigenvalue weighted by molar-refractivity contribution is 7.22. The van der Waals surface area contributed by atoms with Gasteiger partial charge in [-0.1, -0.05) is 24.7 Å². The molecule has 2 heterocycles. The SMILES string of the molecule is CCCCOc1ccc(C(=O)N(CC2CCCO2)c2nc3ccc(OC)cc3s2)cc1. The number of hydrogen-bond donors (Lipinski definition) is 0. The first kappa shape index (κ1) is 21.6. The summed E-state index contributed by atoms with van der Waals surface area (Å²) in [6, 6.07) is 13.1. The number of methoxy groups -OCH3 is 1. The molecule has 0 aliphatic carbocycles. The van der Waals surface area contributed by atoms with Crippen LogP contribution < -0.4 is 14.4 Å². The van der Waals surface area contributed by atoms with Gasteiger partial charge in [0.15, 0.2) is 5.13 Å². The summed E-state index contributed by atoms with van der Waals surface area (Å²) in [6.07, 6.45) is 4.10. The second-order valence-electron chi connectivity index (χ2n) is 7.61. The zero-order chi connectivity index (χ0) is 21.6. The molecule has 4 rings (SSSR count). The van der Waals surface area contributed by atoms with E-state index in [2.05, 4.69) is 6.92 Å². The Bertz CT molecular complexity index is 1010. The van der Waals surface area contributed by atoms with Crippen LogP contribution in [0.3, 0.4) is 0 Å². The van der Waals surface area contributed by atoms with E-state index in [1.165, 1.54) is 11.3 Å². The predicted molar refractivity (Wildman–Crippen MR) is 124 cm³/mol. The molecule has 6 nitrogen and oxygen atoms in total. The molecule has 0 spiro atoms. The molecule has 0 saturated carbocycles. The van der Waals surface area contributed by atoms with Crippen molar-refractivity contribution in [2.24, 2.45) is 0 Å². The number of amides is 1. The van der Waals surface area contributed by atoms with Crippen LogP contribution in [0.15, 0.2) is 42.5 Å². The fraction of sp³-hybridized carbons (Fsp3) is 0.417. The van der Waals surface area contributed by atoms with Gasteiger partial charge in [0.05, 0.1) is 36.6 Å². The van der Waals surface area contributed by atoms with E-state index in [1.807, 2.05) is 42.5 Å². The van der Waals surface area contributed by atoms with E-state index in [1.54, 1.807) is 12.0 Å². The Kier molecular flexibility index (Phi) is 7.04. The van der Waals surface area contributed by atoms with Crippen molar-refractivity contribution in [3.63, 3.8) is 0 Å². The highest BCUT2D eigenvalue weighted by Gasteiger charge is 2.27. The van der Waals surface area contributed by atoms with Crippen LogP contribution in [-0.4, -0.2) is 43.9 Å². The first-order valence-electron chi connectivity index (χ1n) is 10.8. The summed E-state index contributed by atoms with van der Waals surface area (Å²) in [6.45, 7) is 4.05. The largest absolute Gasteiger partial charge is 0.497 e. The third-order valence-electron chi connectivity index (χ3n) is 5.34. The number of unbranched alkanes of at least 4 members (excludes halogenated alkanes) is 1. The van der Waals surface area contributed by atoms with Crippen molar-refractivity contribution in [1.29, 1.82) is 0 Å². The molecule has 1 atom stereocenters. The third kappa shape index (κ3) is 5.17. The van der Waals surface area contributed by atoms with Gasteiger partial charge in [-0.3, -0.25) is 9.69 Å². The second kappa shape index (κ2) is 10.1. The lowest BCUT2D eigenvalue weighted by atomic mass is 10.1. The van der Waals surface area contributed by atoms with Crippen LogP contribution in [0.2, 0.25) is 0 Å². The molecule has 2 aromatic carbocycles. The zero-order valence-electron chi connectivity index (χ0n) is 18.0. The zero-order valence-corrected chi connectivity index (χ0v) is 18.8. The summed E-state index contributed by atoms with van der Waals surface area (Å²) in [5.74, 6) is 1.47. The summed E-state index contributed by atoms with van der Waals surface area (Å²) in [7, 11) is 1.64. The molecule has 164 valence electrons. The number of carbonyl (C=O) groups is 1. The minimum Gasteiger partial charge on any atom is -0.497 e. The summed E-state index contributed by atoms with van der Waals surface area (Å²) in [5.41, 5.74) is 1.46. The molecule has 31 heavy (non-hydrogen) atoms. The van der Waals surface area contributed by atoms with E-state index in [9.17, 15) is 4.79 Å². The number of thiazole rings is 1. The Morgan fingerprint density at radius 2 is 2.03 bits per heavy atom. The maximum absolute atomic E-state index is 13.5. The Morgan fingerprint density at radius 3 is 2.74 bits per heavy atom. The number of anilines is 1. The average molecular weight is 441 g/mol. The maximum Gasteiger partial charge on any atom is 0.260 e. The van der Waals surface area contributed by atoms with Crippen molar-refractivity contribution in [1.82, 2.24) is 4.98 Å².